The molecule has 2 heterocycles. The Morgan fingerprint density at radius 3 is 2.79 bits per heavy atom. The third-order valence-corrected chi connectivity index (χ3v) is 3.89. The van der Waals surface area contributed by atoms with Gasteiger partial charge >= 0.3 is 5.97 Å². The number of esters is 1. The van der Waals surface area contributed by atoms with Crippen molar-refractivity contribution < 1.29 is 14.3 Å². The van der Waals surface area contributed by atoms with E-state index in [0.29, 0.717) is 28.8 Å². The van der Waals surface area contributed by atoms with Crippen LogP contribution in [0.3, 0.4) is 0 Å². The minimum Gasteiger partial charge on any atom is -0.460 e. The highest BCUT2D eigenvalue weighted by Gasteiger charge is 2.34. The fraction of sp³-hybridized carbons (Fsp3) is 0.333. The lowest BCUT2D eigenvalue weighted by Gasteiger charge is -2.27. The zero-order chi connectivity index (χ0) is 17.1. The molecular weight excluding hydrogens is 334 g/mol. The fourth-order valence-electron chi connectivity index (χ4n) is 2.53. The van der Waals surface area contributed by atoms with Crippen LogP contribution in [0.25, 0.3) is 0 Å². The Labute approximate surface area is 143 Å². The number of anilines is 1. The van der Waals surface area contributed by atoms with Crippen LogP contribution >= 0.6 is 11.6 Å². The molecule has 0 spiro atoms. The van der Waals surface area contributed by atoms with Crippen molar-refractivity contribution in [2.24, 2.45) is 0 Å². The maximum absolute atomic E-state index is 12.6. The van der Waals surface area contributed by atoms with Crippen molar-refractivity contribution in [1.29, 1.82) is 0 Å². The first kappa shape index (κ1) is 16.4. The van der Waals surface area contributed by atoms with Crippen molar-refractivity contribution in [2.45, 2.75) is 13.0 Å². The van der Waals surface area contributed by atoms with E-state index in [2.05, 4.69) is 20.8 Å². The summed E-state index contributed by atoms with van der Waals surface area (Å²) < 4.78 is 11.7. The molecule has 1 atom stereocenters. The van der Waals surface area contributed by atoms with Gasteiger partial charge in [-0.25, -0.2) is 4.79 Å². The first-order valence-electron chi connectivity index (χ1n) is 7.29. The van der Waals surface area contributed by atoms with Crippen LogP contribution in [0.15, 0.2) is 35.5 Å². The summed E-state index contributed by atoms with van der Waals surface area (Å²) in [4.78, 5) is 12.6. The first-order valence-corrected chi connectivity index (χ1v) is 7.66. The van der Waals surface area contributed by atoms with Crippen LogP contribution in [0.5, 0.6) is 0 Å². The number of benzene rings is 1. The van der Waals surface area contributed by atoms with Gasteiger partial charge in [-0.05, 0) is 35.0 Å². The summed E-state index contributed by atoms with van der Waals surface area (Å²) in [5.41, 5.74) is 1.90. The number of methoxy groups -OCH3 is 1. The number of fused-ring (bicyclic) bond motifs is 1. The van der Waals surface area contributed by atoms with Gasteiger partial charge in [0.05, 0.1) is 12.2 Å². The number of aromatic nitrogens is 4. The van der Waals surface area contributed by atoms with Crippen LogP contribution in [-0.2, 0) is 14.3 Å². The molecule has 1 aliphatic heterocycles. The van der Waals surface area contributed by atoms with Crippen LogP contribution in [0, 0.1) is 0 Å². The van der Waals surface area contributed by atoms with Crippen LogP contribution in [0.4, 0.5) is 5.95 Å². The Kier molecular flexibility index (Phi) is 4.77. The predicted molar refractivity (Wildman–Crippen MR) is 86.6 cm³/mol. The van der Waals surface area contributed by atoms with E-state index >= 15 is 0 Å². The molecular formula is C15H16ClN5O3. The summed E-state index contributed by atoms with van der Waals surface area (Å²) in [5, 5.41) is 15.2. The molecule has 126 valence electrons. The zero-order valence-corrected chi connectivity index (χ0v) is 13.9. The Bertz CT molecular complexity index is 772. The average molecular weight is 350 g/mol. The Morgan fingerprint density at radius 2 is 2.08 bits per heavy atom. The van der Waals surface area contributed by atoms with Gasteiger partial charge in [0.15, 0.2) is 0 Å². The third-order valence-electron chi connectivity index (χ3n) is 3.64. The van der Waals surface area contributed by atoms with Crippen LogP contribution in [0.2, 0.25) is 5.02 Å². The molecule has 0 unspecified atom stereocenters. The molecule has 1 N–H and O–H groups in total. The summed E-state index contributed by atoms with van der Waals surface area (Å²) in [6, 6.07) is 6.68. The van der Waals surface area contributed by atoms with Gasteiger partial charge < -0.3 is 14.8 Å². The van der Waals surface area contributed by atoms with Gasteiger partial charge in [-0.3, -0.25) is 0 Å². The molecule has 2 aromatic rings. The van der Waals surface area contributed by atoms with Crippen molar-refractivity contribution in [3.05, 3.63) is 46.1 Å². The number of nitrogens with zero attached hydrogens (tertiary/aromatic N) is 4. The van der Waals surface area contributed by atoms with Gasteiger partial charge in [0.1, 0.15) is 12.6 Å². The second-order valence-corrected chi connectivity index (χ2v) is 5.63. The second kappa shape index (κ2) is 6.98. The minimum atomic E-state index is -0.497. The fourth-order valence-corrected chi connectivity index (χ4v) is 2.65. The molecule has 1 aromatic heterocycles. The van der Waals surface area contributed by atoms with Gasteiger partial charge in [-0.15, -0.1) is 0 Å². The summed E-state index contributed by atoms with van der Waals surface area (Å²) in [5.74, 6) is 0.0130. The maximum Gasteiger partial charge on any atom is 0.338 e. The molecule has 1 aliphatic rings. The number of halogens is 1. The van der Waals surface area contributed by atoms with Gasteiger partial charge in [-0.1, -0.05) is 28.8 Å². The van der Waals surface area contributed by atoms with Gasteiger partial charge in [0, 0.05) is 17.8 Å². The number of carbonyl (C=O) groups excluding carboxylic acids is 1. The molecule has 0 radical (unpaired) electrons. The van der Waals surface area contributed by atoms with Crippen LogP contribution in [0.1, 0.15) is 18.5 Å². The molecule has 24 heavy (non-hydrogen) atoms. The molecule has 8 nitrogen and oxygen atoms in total. The normalized spacial score (nSPS) is 16.5. The SMILES string of the molecule is COCCOC(=O)C1=C(C)Nc2nnnn2[C@H]1c1ccc(Cl)cc1. The number of nitrogens with one attached hydrogen (secondary N) is 1. The number of carbonyl (C=O) groups is 1. The summed E-state index contributed by atoms with van der Waals surface area (Å²) in [6.45, 7) is 2.28. The lowest BCUT2D eigenvalue weighted by molar-refractivity contribution is -0.140. The van der Waals surface area contributed by atoms with E-state index in [-0.39, 0.29) is 6.61 Å². The highest BCUT2D eigenvalue weighted by molar-refractivity contribution is 6.30. The van der Waals surface area contributed by atoms with Crippen molar-refractivity contribution in [3.63, 3.8) is 0 Å². The monoisotopic (exact) mass is 349 g/mol. The van der Waals surface area contributed by atoms with Crippen molar-refractivity contribution in [3.8, 4) is 0 Å². The number of allylic oxidation sites excluding steroid dienone is 1. The van der Waals surface area contributed by atoms with E-state index in [0.717, 1.165) is 5.56 Å². The molecule has 1 aromatic carbocycles. The Morgan fingerprint density at radius 1 is 1.33 bits per heavy atom. The maximum atomic E-state index is 12.6. The van der Waals surface area contributed by atoms with Gasteiger partial charge in [-0.2, -0.15) is 4.68 Å². The largest absolute Gasteiger partial charge is 0.460 e. The molecule has 3 rings (SSSR count). The Balaban J connectivity index is 2.00. The van der Waals surface area contributed by atoms with Crippen molar-refractivity contribution >= 4 is 23.5 Å². The van der Waals surface area contributed by atoms with Gasteiger partial charge in [0.25, 0.3) is 0 Å². The molecule has 0 fully saturated rings. The summed E-state index contributed by atoms with van der Waals surface area (Å²) in [7, 11) is 1.55. The standard InChI is InChI=1S/C15H16ClN5O3/c1-9-12(14(22)24-8-7-23-2)13(10-3-5-11(16)6-4-10)21-15(17-9)18-19-20-21/h3-6,13H,7-8H2,1-2H3,(H,17,18,20)/t13-/m0/s1. The number of ether oxygens (including phenoxy) is 2. The van der Waals surface area contributed by atoms with Crippen molar-refractivity contribution in [2.75, 3.05) is 25.6 Å². The summed E-state index contributed by atoms with van der Waals surface area (Å²) >= 11 is 5.96. The van der Waals surface area contributed by atoms with Crippen LogP contribution < -0.4 is 5.32 Å². The summed E-state index contributed by atoms with van der Waals surface area (Å²) in [6.07, 6.45) is 0. The van der Waals surface area contributed by atoms with Gasteiger partial charge in [0.2, 0.25) is 5.95 Å². The quantitative estimate of drug-likeness (QED) is 0.650. The molecule has 0 saturated carbocycles. The van der Waals surface area contributed by atoms with E-state index in [1.54, 1.807) is 30.8 Å². The molecule has 0 aliphatic carbocycles. The highest BCUT2D eigenvalue weighted by Crippen LogP contribution is 2.35. The number of tetrazole rings is 1. The highest BCUT2D eigenvalue weighted by atomic mass is 35.5. The minimum absolute atomic E-state index is 0.169. The average Bonchev–Trinajstić information content (AvgIpc) is 3.02. The van der Waals surface area contributed by atoms with E-state index in [4.69, 9.17) is 21.1 Å². The van der Waals surface area contributed by atoms with Crippen LogP contribution in [-0.4, -0.2) is 46.5 Å². The third kappa shape index (κ3) is 3.10. The molecule has 9 heteroatoms. The lowest BCUT2D eigenvalue weighted by atomic mass is 9.96. The first-order chi connectivity index (χ1) is 11.6. The molecule has 0 saturated heterocycles. The van der Waals surface area contributed by atoms with E-state index < -0.39 is 12.0 Å². The smallest absolute Gasteiger partial charge is 0.338 e. The molecule has 0 amide bonds. The second-order valence-electron chi connectivity index (χ2n) is 5.19. The topological polar surface area (TPSA) is 91.2 Å². The van der Waals surface area contributed by atoms with E-state index in [1.807, 2.05) is 12.1 Å². The van der Waals surface area contributed by atoms with Crippen molar-refractivity contribution in [1.82, 2.24) is 20.2 Å². The number of rotatable bonds is 5. The number of hydrogen-bond donors (Lipinski definition) is 1. The molecule has 0 bridgehead atoms. The zero-order valence-electron chi connectivity index (χ0n) is 13.2. The lowest BCUT2D eigenvalue weighted by Crippen LogP contribution is -2.30. The van der Waals surface area contributed by atoms with E-state index in [1.165, 1.54) is 0 Å². The van der Waals surface area contributed by atoms with E-state index in [9.17, 15) is 4.79 Å². The Hall–Kier alpha value is -2.45. The number of hydrogen-bond acceptors (Lipinski definition) is 7. The predicted octanol–water partition coefficient (Wildman–Crippen LogP) is 1.80.